The number of ketones is 1. The van der Waals surface area contributed by atoms with Crippen LogP contribution in [0.4, 0.5) is 0 Å². The molecule has 0 aromatic heterocycles. The van der Waals surface area contributed by atoms with Crippen LogP contribution < -0.4 is 0 Å². The van der Waals surface area contributed by atoms with E-state index in [-0.39, 0.29) is 18.3 Å². The van der Waals surface area contributed by atoms with Crippen molar-refractivity contribution in [1.82, 2.24) is 0 Å². The fourth-order valence-corrected chi connectivity index (χ4v) is 0.506. The van der Waals surface area contributed by atoms with Crippen molar-refractivity contribution in [1.29, 1.82) is 0 Å². The van der Waals surface area contributed by atoms with Crippen LogP contribution in [-0.2, 0) is 9.53 Å². The van der Waals surface area contributed by atoms with E-state index in [1.807, 2.05) is 13.8 Å². The van der Waals surface area contributed by atoms with Crippen LogP contribution in [0.2, 0.25) is 0 Å². The molecule has 0 N–H and O–H groups in total. The van der Waals surface area contributed by atoms with Gasteiger partial charge in [-0.15, -0.1) is 6.58 Å². The number of carbonyl (C=O) groups is 1. The highest BCUT2D eigenvalue weighted by atomic mass is 16.5. The smallest absolute Gasteiger partial charge is 0.160 e. The molecule has 0 radical (unpaired) electrons. The van der Waals surface area contributed by atoms with Crippen LogP contribution in [0.1, 0.15) is 20.3 Å². The van der Waals surface area contributed by atoms with Crippen LogP contribution >= 0.6 is 0 Å². The molecule has 0 heterocycles. The molecule has 0 saturated carbocycles. The number of hydrogen-bond donors (Lipinski definition) is 0. The molecule has 0 rings (SSSR count). The second kappa shape index (κ2) is 6.10. The molecule has 0 aromatic rings. The van der Waals surface area contributed by atoms with Crippen molar-refractivity contribution < 1.29 is 9.53 Å². The zero-order chi connectivity index (χ0) is 8.69. The van der Waals surface area contributed by atoms with E-state index in [1.165, 1.54) is 0 Å². The molecule has 64 valence electrons. The molecular weight excluding hydrogens is 140 g/mol. The Bertz CT molecular complexity index is 128. The van der Waals surface area contributed by atoms with Crippen molar-refractivity contribution >= 4 is 5.78 Å². The lowest BCUT2D eigenvalue weighted by atomic mass is 10.1. The fourth-order valence-electron chi connectivity index (χ4n) is 0.506. The molecule has 0 amide bonds. The van der Waals surface area contributed by atoms with Crippen LogP contribution in [-0.4, -0.2) is 19.0 Å². The van der Waals surface area contributed by atoms with Gasteiger partial charge in [-0.1, -0.05) is 19.9 Å². The van der Waals surface area contributed by atoms with E-state index in [9.17, 15) is 4.79 Å². The molecule has 0 aliphatic heterocycles. The summed E-state index contributed by atoms with van der Waals surface area (Å²) in [5.41, 5.74) is 0. The third kappa shape index (κ3) is 5.80. The second-order valence-electron chi connectivity index (χ2n) is 2.75. The lowest BCUT2D eigenvalue weighted by Gasteiger charge is -2.03. The van der Waals surface area contributed by atoms with E-state index in [4.69, 9.17) is 4.74 Å². The lowest BCUT2D eigenvalue weighted by Crippen LogP contribution is -2.14. The van der Waals surface area contributed by atoms with Crippen molar-refractivity contribution in [3.05, 3.63) is 12.7 Å². The standard InChI is InChI=1S/C9H16O2/c1-4-5-6-11-7-9(10)8(2)3/h4,8H,1,5-7H2,2-3H3. The maximum absolute atomic E-state index is 11.0. The highest BCUT2D eigenvalue weighted by molar-refractivity contribution is 5.81. The number of hydrogen-bond acceptors (Lipinski definition) is 2. The van der Waals surface area contributed by atoms with E-state index in [1.54, 1.807) is 6.08 Å². The van der Waals surface area contributed by atoms with Gasteiger partial charge in [0.2, 0.25) is 0 Å². The first kappa shape index (κ1) is 10.4. The summed E-state index contributed by atoms with van der Waals surface area (Å²) in [5, 5.41) is 0. The maximum Gasteiger partial charge on any atom is 0.160 e. The minimum atomic E-state index is 0.0822. The molecule has 0 spiro atoms. The Balaban J connectivity index is 3.24. The molecule has 0 bridgehead atoms. The first-order valence-electron chi connectivity index (χ1n) is 3.89. The van der Waals surface area contributed by atoms with E-state index < -0.39 is 0 Å². The van der Waals surface area contributed by atoms with Crippen LogP contribution in [0, 0.1) is 5.92 Å². The van der Waals surface area contributed by atoms with Crippen LogP contribution in [0.5, 0.6) is 0 Å². The average Bonchev–Trinajstić information content (AvgIpc) is 1.97. The van der Waals surface area contributed by atoms with Gasteiger partial charge in [0, 0.05) is 5.92 Å². The molecule has 0 unspecified atom stereocenters. The summed E-state index contributed by atoms with van der Waals surface area (Å²) < 4.78 is 5.08. The van der Waals surface area contributed by atoms with Crippen molar-refractivity contribution in [2.75, 3.05) is 13.2 Å². The summed E-state index contributed by atoms with van der Waals surface area (Å²) in [4.78, 5) is 11.0. The quantitative estimate of drug-likeness (QED) is 0.433. The predicted molar refractivity (Wildman–Crippen MR) is 45.5 cm³/mol. The van der Waals surface area contributed by atoms with E-state index >= 15 is 0 Å². The Labute approximate surface area is 68.2 Å². The minimum absolute atomic E-state index is 0.0822. The third-order valence-electron chi connectivity index (χ3n) is 1.35. The summed E-state index contributed by atoms with van der Waals surface area (Å²) in [7, 11) is 0. The second-order valence-corrected chi connectivity index (χ2v) is 2.75. The molecular formula is C9H16O2. The number of rotatable bonds is 6. The van der Waals surface area contributed by atoms with Gasteiger partial charge >= 0.3 is 0 Å². The Morgan fingerprint density at radius 1 is 1.64 bits per heavy atom. The molecule has 0 aliphatic carbocycles. The van der Waals surface area contributed by atoms with Crippen LogP contribution in [0.3, 0.4) is 0 Å². The molecule has 2 nitrogen and oxygen atoms in total. The largest absolute Gasteiger partial charge is 0.373 e. The van der Waals surface area contributed by atoms with Gasteiger partial charge in [0.25, 0.3) is 0 Å². The SMILES string of the molecule is C=CCCOCC(=O)C(C)C. The zero-order valence-electron chi connectivity index (χ0n) is 7.30. The van der Waals surface area contributed by atoms with Gasteiger partial charge in [0.05, 0.1) is 6.61 Å². The molecule has 11 heavy (non-hydrogen) atoms. The first-order chi connectivity index (χ1) is 5.18. The highest BCUT2D eigenvalue weighted by Gasteiger charge is 2.05. The summed E-state index contributed by atoms with van der Waals surface area (Å²) in [6.07, 6.45) is 2.59. The minimum Gasteiger partial charge on any atom is -0.373 e. The van der Waals surface area contributed by atoms with E-state index in [2.05, 4.69) is 6.58 Å². The molecule has 0 aromatic carbocycles. The summed E-state index contributed by atoms with van der Waals surface area (Å²) in [6.45, 7) is 8.14. The van der Waals surface area contributed by atoms with Gasteiger partial charge in [-0.25, -0.2) is 0 Å². The molecule has 0 atom stereocenters. The van der Waals surface area contributed by atoms with Gasteiger partial charge in [0.1, 0.15) is 6.61 Å². The van der Waals surface area contributed by atoms with Crippen LogP contribution in [0.15, 0.2) is 12.7 Å². The Morgan fingerprint density at radius 2 is 2.27 bits per heavy atom. The van der Waals surface area contributed by atoms with E-state index in [0.717, 1.165) is 6.42 Å². The molecule has 0 saturated heterocycles. The van der Waals surface area contributed by atoms with Crippen molar-refractivity contribution in [2.24, 2.45) is 5.92 Å². The molecule has 2 heteroatoms. The predicted octanol–water partition coefficient (Wildman–Crippen LogP) is 1.80. The number of carbonyl (C=O) groups excluding carboxylic acids is 1. The Hall–Kier alpha value is -0.630. The topological polar surface area (TPSA) is 26.3 Å². The van der Waals surface area contributed by atoms with Crippen molar-refractivity contribution in [2.45, 2.75) is 20.3 Å². The molecule has 0 fully saturated rings. The summed E-state index contributed by atoms with van der Waals surface area (Å²) in [5.74, 6) is 0.243. The molecule has 0 aliphatic rings. The number of ether oxygens (including phenoxy) is 1. The Kier molecular flexibility index (Phi) is 5.75. The fraction of sp³-hybridized carbons (Fsp3) is 0.667. The van der Waals surface area contributed by atoms with Crippen molar-refractivity contribution in [3.63, 3.8) is 0 Å². The zero-order valence-corrected chi connectivity index (χ0v) is 7.30. The summed E-state index contributed by atoms with van der Waals surface area (Å²) in [6, 6.07) is 0. The van der Waals surface area contributed by atoms with Gasteiger partial charge in [-0.05, 0) is 6.42 Å². The van der Waals surface area contributed by atoms with Gasteiger partial charge in [0.15, 0.2) is 5.78 Å². The van der Waals surface area contributed by atoms with E-state index in [0.29, 0.717) is 6.61 Å². The Morgan fingerprint density at radius 3 is 2.73 bits per heavy atom. The highest BCUT2D eigenvalue weighted by Crippen LogP contribution is 1.94. The third-order valence-corrected chi connectivity index (χ3v) is 1.35. The van der Waals surface area contributed by atoms with Crippen molar-refractivity contribution in [3.8, 4) is 0 Å². The lowest BCUT2D eigenvalue weighted by molar-refractivity contribution is -0.126. The van der Waals surface area contributed by atoms with Gasteiger partial charge in [-0.2, -0.15) is 0 Å². The summed E-state index contributed by atoms with van der Waals surface area (Å²) >= 11 is 0. The first-order valence-corrected chi connectivity index (χ1v) is 3.89. The van der Waals surface area contributed by atoms with Crippen LogP contribution in [0.25, 0.3) is 0 Å². The monoisotopic (exact) mass is 156 g/mol. The van der Waals surface area contributed by atoms with Gasteiger partial charge < -0.3 is 4.74 Å². The maximum atomic E-state index is 11.0. The average molecular weight is 156 g/mol. The van der Waals surface area contributed by atoms with Gasteiger partial charge in [-0.3, -0.25) is 4.79 Å². The normalized spacial score (nSPS) is 10.1. The number of Topliss-reactive ketones (excluding diaryl/α,β-unsaturated/α-hetero) is 1.